The van der Waals surface area contributed by atoms with Crippen LogP contribution in [0.25, 0.3) is 0 Å². The van der Waals surface area contributed by atoms with Gasteiger partial charge in [0, 0.05) is 7.05 Å². The molecule has 3 heterocycles. The van der Waals surface area contributed by atoms with Crippen LogP contribution in [0.3, 0.4) is 0 Å². The number of likely N-dealkylation sites (N-methyl/N-ethyl adjacent to an activating group) is 1. The minimum Gasteiger partial charge on any atom is -0.448 e. The first kappa shape index (κ1) is 7.08. The zero-order valence-electron chi connectivity index (χ0n) is 6.73. The minimum atomic E-state index is -0.208. The van der Waals surface area contributed by atoms with Crippen LogP contribution >= 0.6 is 0 Å². The Kier molecular flexibility index (Phi) is 1.46. The molecule has 2 aromatic rings. The van der Waals surface area contributed by atoms with Gasteiger partial charge in [-0.3, -0.25) is 0 Å². The van der Waals surface area contributed by atoms with E-state index in [0.29, 0.717) is 6.61 Å². The van der Waals surface area contributed by atoms with E-state index >= 15 is 0 Å². The second-order valence-electron chi connectivity index (χ2n) is 2.62. The average Bonchev–Trinajstić information content (AvgIpc) is 2.38. The van der Waals surface area contributed by atoms with Crippen molar-refractivity contribution in [3.05, 3.63) is 12.4 Å². The predicted molar refractivity (Wildman–Crippen MR) is 40.4 cm³/mol. The van der Waals surface area contributed by atoms with E-state index in [9.17, 15) is 4.79 Å². The molecule has 1 saturated heterocycles. The molecule has 3 rings (SSSR count). The number of rotatable bonds is 0. The number of hydrogen-bond acceptors (Lipinski definition) is 2. The second kappa shape index (κ2) is 2.47. The number of ether oxygens (including phenoxy) is 1. The fourth-order valence-electron chi connectivity index (χ4n) is 0.823. The van der Waals surface area contributed by atoms with Gasteiger partial charge in [0.1, 0.15) is 6.61 Å². The lowest BCUT2D eigenvalue weighted by atomic mass is 10.7. The third kappa shape index (κ3) is 1.23. The maximum absolute atomic E-state index is 10.3. The summed E-state index contributed by atoms with van der Waals surface area (Å²) in [5, 5.41) is 2.86. The van der Waals surface area contributed by atoms with Gasteiger partial charge in [0.15, 0.2) is 0 Å². The molecular weight excluding hydrogens is 160 g/mol. The van der Waals surface area contributed by atoms with E-state index in [1.54, 1.807) is 11.9 Å². The van der Waals surface area contributed by atoms with E-state index in [4.69, 9.17) is 0 Å². The Bertz CT molecular complexity index is 315. The molecule has 6 heteroatoms. The number of aromatic nitrogens is 3. The molecule has 0 aliphatic carbocycles. The third-order valence-electron chi connectivity index (χ3n) is 1.71. The lowest BCUT2D eigenvalue weighted by Gasteiger charge is -1.98. The maximum Gasteiger partial charge on any atom is 0.409 e. The smallest absolute Gasteiger partial charge is 0.409 e. The lowest BCUT2D eigenvalue weighted by Crippen LogP contribution is -2.17. The van der Waals surface area contributed by atoms with E-state index in [1.807, 2.05) is 21.7 Å². The molecule has 0 atom stereocenters. The Labute approximate surface area is 68.6 Å². The van der Waals surface area contributed by atoms with Crippen LogP contribution in [0.1, 0.15) is 0 Å². The first-order valence-corrected chi connectivity index (χ1v) is 3.68. The first-order valence-electron chi connectivity index (χ1n) is 3.68. The summed E-state index contributed by atoms with van der Waals surface area (Å²) in [6, 6.07) is 0. The molecule has 66 valence electrons. The number of cyclic esters (lactones) is 1. The van der Waals surface area contributed by atoms with Gasteiger partial charge < -0.3 is 9.64 Å². The van der Waals surface area contributed by atoms with Crippen molar-refractivity contribution in [3.8, 4) is 0 Å². The number of hydrogen-bond donors (Lipinski definition) is 1. The van der Waals surface area contributed by atoms with Crippen molar-refractivity contribution in [2.45, 2.75) is 0 Å². The summed E-state index contributed by atoms with van der Waals surface area (Å²) in [6.07, 6.45) is 3.68. The maximum atomic E-state index is 10.3. The topological polar surface area (TPSA) is 54.2 Å². The van der Waals surface area contributed by atoms with Crippen LogP contribution in [-0.2, 0) is 4.74 Å². The van der Waals surface area contributed by atoms with Crippen molar-refractivity contribution in [2.75, 3.05) is 20.2 Å². The van der Waals surface area contributed by atoms with Crippen molar-refractivity contribution >= 4 is 6.09 Å². The molecule has 0 aromatic carbocycles. The highest BCUT2D eigenvalue weighted by atomic mass is 16.6. The molecule has 12 heavy (non-hydrogen) atoms. The van der Waals surface area contributed by atoms with Crippen LogP contribution in [-0.4, -0.2) is 45.7 Å². The van der Waals surface area contributed by atoms with Crippen LogP contribution in [0.5, 0.6) is 0 Å². The standard InChI is InChI=1S/C4H7NO2.C2H3N3/c1-5-2-3-7-4(5)6;1-2-5-3-4(1)5/h2-3H2,1H3;1-3H. The number of carbonyl (C=O) groups excluding carboxylic acids is 1. The van der Waals surface area contributed by atoms with Crippen LogP contribution in [0.2, 0.25) is 0 Å². The van der Waals surface area contributed by atoms with Crippen LogP contribution < -0.4 is 0 Å². The summed E-state index contributed by atoms with van der Waals surface area (Å²) in [6.45, 7) is 1.29. The van der Waals surface area contributed by atoms with Gasteiger partial charge in [-0.25, -0.2) is 4.79 Å². The van der Waals surface area contributed by atoms with E-state index in [2.05, 4.69) is 9.95 Å². The van der Waals surface area contributed by atoms with Crippen molar-refractivity contribution in [2.24, 2.45) is 0 Å². The number of nitrogens with zero attached hydrogens (tertiary/aromatic N) is 3. The summed E-state index contributed by atoms with van der Waals surface area (Å²) in [7, 11) is 1.72. The largest absolute Gasteiger partial charge is 0.448 e. The summed E-state index contributed by atoms with van der Waals surface area (Å²) in [5.41, 5.74) is 0. The van der Waals surface area contributed by atoms with E-state index in [1.165, 1.54) is 0 Å². The molecule has 0 unspecified atom stereocenters. The Morgan fingerprint density at radius 3 is 2.25 bits per heavy atom. The van der Waals surface area contributed by atoms with Gasteiger partial charge in [-0.15, -0.1) is 0 Å². The summed E-state index contributed by atoms with van der Waals surface area (Å²) >= 11 is 0. The third-order valence-corrected chi connectivity index (χ3v) is 1.71. The van der Waals surface area contributed by atoms with E-state index < -0.39 is 0 Å². The van der Waals surface area contributed by atoms with Crippen LogP contribution in [0.4, 0.5) is 4.79 Å². The van der Waals surface area contributed by atoms with Gasteiger partial charge in [-0.05, 0) is 0 Å². The SMILES string of the molecule is CN1CCOC1=O.c1cn2[nH]n12. The molecule has 2 aromatic heterocycles. The Hall–Kier alpha value is -1.59. The summed E-state index contributed by atoms with van der Waals surface area (Å²) in [5.74, 6) is 0. The summed E-state index contributed by atoms with van der Waals surface area (Å²) in [4.78, 5) is 11.8. The number of H-pyrrole nitrogens is 1. The monoisotopic (exact) mass is 170 g/mol. The van der Waals surface area contributed by atoms with E-state index in [0.717, 1.165) is 6.54 Å². The van der Waals surface area contributed by atoms with Gasteiger partial charge in [0.2, 0.25) is 0 Å². The fourth-order valence-corrected chi connectivity index (χ4v) is 0.823. The Balaban J connectivity index is 0.0000000978. The predicted octanol–water partition coefficient (Wildman–Crippen LogP) is -0.127. The summed E-state index contributed by atoms with van der Waals surface area (Å²) < 4.78 is 8.30. The van der Waals surface area contributed by atoms with Gasteiger partial charge >= 0.3 is 6.09 Å². The van der Waals surface area contributed by atoms with Gasteiger partial charge in [0.05, 0.1) is 18.9 Å². The number of carbonyl (C=O) groups is 1. The Morgan fingerprint density at radius 2 is 2.17 bits per heavy atom. The lowest BCUT2D eigenvalue weighted by molar-refractivity contribution is 0.163. The van der Waals surface area contributed by atoms with E-state index in [-0.39, 0.29) is 6.09 Å². The molecule has 6 nitrogen and oxygen atoms in total. The quantitative estimate of drug-likeness (QED) is 0.599. The Morgan fingerprint density at radius 1 is 1.50 bits per heavy atom. The highest BCUT2D eigenvalue weighted by Gasteiger charge is 2.15. The highest BCUT2D eigenvalue weighted by Crippen LogP contribution is 1.96. The van der Waals surface area contributed by atoms with Gasteiger partial charge in [0.25, 0.3) is 0 Å². The normalized spacial score (nSPS) is 16.8. The van der Waals surface area contributed by atoms with Crippen LogP contribution in [0.15, 0.2) is 12.4 Å². The molecule has 1 aliphatic heterocycles. The zero-order chi connectivity index (χ0) is 8.55. The van der Waals surface area contributed by atoms with Crippen LogP contribution in [0, 0.1) is 0 Å². The van der Waals surface area contributed by atoms with Gasteiger partial charge in [-0.1, -0.05) is 0 Å². The highest BCUT2D eigenvalue weighted by molar-refractivity contribution is 5.68. The average molecular weight is 170 g/mol. The molecule has 0 radical (unpaired) electrons. The molecule has 0 bridgehead atoms. The van der Waals surface area contributed by atoms with Crippen molar-refractivity contribution < 1.29 is 9.53 Å². The molecular formula is C6H10N4O2. The first-order chi connectivity index (χ1) is 5.77. The molecule has 1 N–H and O–H groups in total. The van der Waals surface area contributed by atoms with Crippen molar-refractivity contribution in [3.63, 3.8) is 0 Å². The number of aromatic amines is 1. The molecule has 0 saturated carbocycles. The second-order valence-corrected chi connectivity index (χ2v) is 2.62. The molecule has 1 fully saturated rings. The van der Waals surface area contributed by atoms with Crippen molar-refractivity contribution in [1.29, 1.82) is 0 Å². The molecule has 1 aliphatic rings. The number of amides is 1. The minimum absolute atomic E-state index is 0.208. The van der Waals surface area contributed by atoms with Crippen molar-refractivity contribution in [1.82, 2.24) is 19.4 Å². The fraction of sp³-hybridized carbons (Fsp3) is 0.500. The molecule has 0 spiro atoms. The number of fused-ring (bicyclic) bond motifs is 1. The van der Waals surface area contributed by atoms with Gasteiger partial charge in [-0.2, -0.15) is 14.5 Å². The number of nitrogens with one attached hydrogen (secondary N) is 1. The molecule has 1 amide bonds. The zero-order valence-corrected chi connectivity index (χ0v) is 6.73.